The van der Waals surface area contributed by atoms with Crippen molar-refractivity contribution < 1.29 is 4.79 Å². The predicted molar refractivity (Wildman–Crippen MR) is 78.3 cm³/mol. The number of aryl methyl sites for hydroxylation is 1. The molecule has 0 heterocycles. The van der Waals surface area contributed by atoms with Gasteiger partial charge in [0.25, 0.3) is 5.91 Å². The maximum Gasteiger partial charge on any atom is 0.255 e. The summed E-state index contributed by atoms with van der Waals surface area (Å²) in [6.45, 7) is 2.83. The average Bonchev–Trinajstić information content (AvgIpc) is 2.42. The highest BCUT2D eigenvalue weighted by Crippen LogP contribution is 2.11. The Bertz CT molecular complexity index is 544. The van der Waals surface area contributed by atoms with Gasteiger partial charge in [0.05, 0.1) is 0 Å². The number of carbonyl (C=O) groups excluding carboxylic acids is 1. The van der Waals surface area contributed by atoms with Crippen LogP contribution in [0, 0.1) is 6.92 Å². The fourth-order valence-corrected chi connectivity index (χ4v) is 1.82. The highest BCUT2D eigenvalue weighted by atomic mass is 16.1. The average molecular weight is 254 g/mol. The lowest BCUT2D eigenvalue weighted by atomic mass is 10.1. The van der Waals surface area contributed by atoms with E-state index in [4.69, 9.17) is 0 Å². The molecule has 0 saturated carbocycles. The monoisotopic (exact) mass is 254 g/mol. The summed E-state index contributed by atoms with van der Waals surface area (Å²) >= 11 is 0. The van der Waals surface area contributed by atoms with Gasteiger partial charge in [0.15, 0.2) is 0 Å². The van der Waals surface area contributed by atoms with Crippen LogP contribution < -0.4 is 10.6 Å². The van der Waals surface area contributed by atoms with Gasteiger partial charge in [-0.2, -0.15) is 0 Å². The Hall–Kier alpha value is -2.13. The van der Waals surface area contributed by atoms with Gasteiger partial charge < -0.3 is 10.6 Å². The van der Waals surface area contributed by atoms with E-state index in [0.717, 1.165) is 17.8 Å². The van der Waals surface area contributed by atoms with Crippen molar-refractivity contribution in [3.05, 3.63) is 65.2 Å². The molecule has 0 atom stereocenters. The van der Waals surface area contributed by atoms with Gasteiger partial charge in [-0.15, -0.1) is 0 Å². The van der Waals surface area contributed by atoms with E-state index in [1.165, 1.54) is 5.56 Å². The summed E-state index contributed by atoms with van der Waals surface area (Å²) in [4.78, 5) is 12.0. The third-order valence-electron chi connectivity index (χ3n) is 2.91. The number of nitrogens with one attached hydrogen (secondary N) is 2. The largest absolute Gasteiger partial charge is 0.322 e. The molecule has 3 heteroatoms. The fraction of sp³-hybridized carbons (Fsp3) is 0.188. The van der Waals surface area contributed by atoms with Gasteiger partial charge in [-0.05, 0) is 43.8 Å². The van der Waals surface area contributed by atoms with Crippen LogP contribution in [0.3, 0.4) is 0 Å². The molecule has 0 saturated heterocycles. The minimum absolute atomic E-state index is 0.0835. The number of rotatable bonds is 4. The zero-order valence-corrected chi connectivity index (χ0v) is 11.2. The van der Waals surface area contributed by atoms with E-state index in [1.807, 2.05) is 62.5 Å². The second kappa shape index (κ2) is 6.16. The molecule has 0 aliphatic carbocycles. The maximum atomic E-state index is 12.0. The van der Waals surface area contributed by atoms with E-state index in [0.29, 0.717) is 5.56 Å². The van der Waals surface area contributed by atoms with Gasteiger partial charge in [0, 0.05) is 17.8 Å². The van der Waals surface area contributed by atoms with Crippen molar-refractivity contribution >= 4 is 11.6 Å². The number of benzene rings is 2. The van der Waals surface area contributed by atoms with Crippen LogP contribution in [0.25, 0.3) is 0 Å². The van der Waals surface area contributed by atoms with E-state index in [9.17, 15) is 4.79 Å². The van der Waals surface area contributed by atoms with Gasteiger partial charge >= 0.3 is 0 Å². The zero-order chi connectivity index (χ0) is 13.7. The Balaban J connectivity index is 2.05. The van der Waals surface area contributed by atoms with Crippen LogP contribution in [0.2, 0.25) is 0 Å². The quantitative estimate of drug-likeness (QED) is 0.880. The second-order valence-electron chi connectivity index (χ2n) is 4.55. The Kier molecular flexibility index (Phi) is 4.31. The lowest BCUT2D eigenvalue weighted by Crippen LogP contribution is -2.12. The summed E-state index contributed by atoms with van der Waals surface area (Å²) in [5.41, 5.74) is 3.82. The molecule has 0 unspecified atom stereocenters. The van der Waals surface area contributed by atoms with Crippen molar-refractivity contribution in [2.24, 2.45) is 0 Å². The summed E-state index contributed by atoms with van der Waals surface area (Å²) < 4.78 is 0. The Morgan fingerprint density at radius 3 is 2.21 bits per heavy atom. The standard InChI is InChI=1S/C16H18N2O/c1-12-3-9-15(10-4-12)18-16(19)14-7-5-13(6-8-14)11-17-2/h3-10,17H,11H2,1-2H3,(H,18,19). The highest BCUT2D eigenvalue weighted by Gasteiger charge is 2.05. The molecule has 0 spiro atoms. The van der Waals surface area contributed by atoms with Crippen LogP contribution in [0.1, 0.15) is 21.5 Å². The summed E-state index contributed by atoms with van der Waals surface area (Å²) in [6.07, 6.45) is 0. The van der Waals surface area contributed by atoms with E-state index in [2.05, 4.69) is 10.6 Å². The van der Waals surface area contributed by atoms with Crippen LogP contribution in [-0.4, -0.2) is 13.0 Å². The molecular weight excluding hydrogens is 236 g/mol. The number of carbonyl (C=O) groups is 1. The van der Waals surface area contributed by atoms with Gasteiger partial charge in [-0.1, -0.05) is 29.8 Å². The fourth-order valence-electron chi connectivity index (χ4n) is 1.82. The Labute approximate surface area is 113 Å². The SMILES string of the molecule is CNCc1ccc(C(=O)Nc2ccc(C)cc2)cc1. The van der Waals surface area contributed by atoms with Crippen LogP contribution >= 0.6 is 0 Å². The van der Waals surface area contributed by atoms with Crippen molar-refractivity contribution in [2.75, 3.05) is 12.4 Å². The third kappa shape index (κ3) is 3.66. The molecule has 2 aromatic rings. The molecule has 1 amide bonds. The third-order valence-corrected chi connectivity index (χ3v) is 2.91. The zero-order valence-electron chi connectivity index (χ0n) is 11.2. The first-order chi connectivity index (χ1) is 9.19. The maximum absolute atomic E-state index is 12.0. The topological polar surface area (TPSA) is 41.1 Å². The molecule has 2 rings (SSSR count). The van der Waals surface area contributed by atoms with Crippen molar-refractivity contribution in [3.63, 3.8) is 0 Å². The molecular formula is C16H18N2O. The molecule has 98 valence electrons. The van der Waals surface area contributed by atoms with Gasteiger partial charge in [0.1, 0.15) is 0 Å². The molecule has 0 aliphatic rings. The first-order valence-corrected chi connectivity index (χ1v) is 6.30. The molecule has 0 fully saturated rings. The van der Waals surface area contributed by atoms with Gasteiger partial charge in [-0.3, -0.25) is 4.79 Å². The minimum Gasteiger partial charge on any atom is -0.322 e. The summed E-state index contributed by atoms with van der Waals surface area (Å²) in [5, 5.41) is 5.96. The predicted octanol–water partition coefficient (Wildman–Crippen LogP) is 2.97. The summed E-state index contributed by atoms with van der Waals surface area (Å²) in [7, 11) is 1.90. The first-order valence-electron chi connectivity index (χ1n) is 6.30. The molecule has 2 aromatic carbocycles. The van der Waals surface area contributed by atoms with Gasteiger partial charge in [-0.25, -0.2) is 0 Å². The van der Waals surface area contributed by atoms with Crippen LogP contribution in [0.5, 0.6) is 0 Å². The number of hydrogen-bond donors (Lipinski definition) is 2. The van der Waals surface area contributed by atoms with Crippen LogP contribution in [0.4, 0.5) is 5.69 Å². The molecule has 0 bridgehead atoms. The Morgan fingerprint density at radius 2 is 1.63 bits per heavy atom. The lowest BCUT2D eigenvalue weighted by Gasteiger charge is -2.06. The van der Waals surface area contributed by atoms with Crippen molar-refractivity contribution in [1.29, 1.82) is 0 Å². The lowest BCUT2D eigenvalue weighted by molar-refractivity contribution is 0.102. The Morgan fingerprint density at radius 1 is 1.00 bits per heavy atom. The molecule has 0 aliphatic heterocycles. The van der Waals surface area contributed by atoms with E-state index in [-0.39, 0.29) is 5.91 Å². The highest BCUT2D eigenvalue weighted by molar-refractivity contribution is 6.04. The van der Waals surface area contributed by atoms with E-state index in [1.54, 1.807) is 0 Å². The van der Waals surface area contributed by atoms with Crippen LogP contribution in [0.15, 0.2) is 48.5 Å². The number of hydrogen-bond acceptors (Lipinski definition) is 2. The summed E-state index contributed by atoms with van der Waals surface area (Å²) in [6, 6.07) is 15.4. The minimum atomic E-state index is -0.0835. The van der Waals surface area contributed by atoms with E-state index < -0.39 is 0 Å². The summed E-state index contributed by atoms with van der Waals surface area (Å²) in [5.74, 6) is -0.0835. The first kappa shape index (κ1) is 13.3. The van der Waals surface area contributed by atoms with Gasteiger partial charge in [0.2, 0.25) is 0 Å². The number of amides is 1. The molecule has 0 aromatic heterocycles. The number of anilines is 1. The molecule has 3 nitrogen and oxygen atoms in total. The molecule has 0 radical (unpaired) electrons. The van der Waals surface area contributed by atoms with Crippen molar-refractivity contribution in [3.8, 4) is 0 Å². The van der Waals surface area contributed by atoms with Crippen LogP contribution in [-0.2, 0) is 6.54 Å². The second-order valence-corrected chi connectivity index (χ2v) is 4.55. The van der Waals surface area contributed by atoms with E-state index >= 15 is 0 Å². The molecule has 19 heavy (non-hydrogen) atoms. The van der Waals surface area contributed by atoms with Crippen molar-refractivity contribution in [1.82, 2.24) is 5.32 Å². The smallest absolute Gasteiger partial charge is 0.255 e. The van der Waals surface area contributed by atoms with Crippen molar-refractivity contribution in [2.45, 2.75) is 13.5 Å². The molecule has 2 N–H and O–H groups in total. The normalized spacial score (nSPS) is 10.2.